The molecule has 0 aliphatic carbocycles. The highest BCUT2D eigenvalue weighted by Gasteiger charge is 2.08. The molecule has 0 saturated carbocycles. The minimum Gasteiger partial charge on any atom is -0.492 e. The zero-order valence-corrected chi connectivity index (χ0v) is 14.9. The van der Waals surface area contributed by atoms with E-state index in [1.165, 1.54) is 0 Å². The molecule has 0 atom stereocenters. The van der Waals surface area contributed by atoms with E-state index in [0.29, 0.717) is 23.7 Å². The Hall–Kier alpha value is -2.86. The van der Waals surface area contributed by atoms with Crippen molar-refractivity contribution < 1.29 is 9.53 Å². The van der Waals surface area contributed by atoms with Crippen molar-refractivity contribution in [2.75, 3.05) is 17.2 Å². The topological polar surface area (TPSA) is 63.2 Å². The summed E-state index contributed by atoms with van der Waals surface area (Å²) in [5, 5.41) is 8.68. The molecule has 2 N–H and O–H groups in total. The number of carbonyl (C=O) groups excluding carboxylic acids is 1. The lowest BCUT2D eigenvalue weighted by molar-refractivity contribution is 0.262. The second-order valence-electron chi connectivity index (χ2n) is 5.34. The molecule has 3 aromatic rings. The summed E-state index contributed by atoms with van der Waals surface area (Å²) in [5.41, 5.74) is 3.32. The van der Waals surface area contributed by atoms with Gasteiger partial charge < -0.3 is 15.4 Å². The fourth-order valence-corrected chi connectivity index (χ4v) is 2.98. The van der Waals surface area contributed by atoms with E-state index >= 15 is 0 Å². The molecule has 0 spiro atoms. The summed E-state index contributed by atoms with van der Waals surface area (Å²) in [6.45, 7) is 4.43. The van der Waals surface area contributed by atoms with E-state index in [9.17, 15) is 4.79 Å². The number of urea groups is 1. The van der Waals surface area contributed by atoms with Crippen LogP contribution < -0.4 is 15.4 Å². The number of rotatable bonds is 5. The van der Waals surface area contributed by atoms with E-state index in [-0.39, 0.29) is 6.03 Å². The molecule has 0 unspecified atom stereocenters. The molecule has 0 bridgehead atoms. The number of carbonyl (C=O) groups is 1. The van der Waals surface area contributed by atoms with E-state index < -0.39 is 0 Å². The molecule has 1 aromatic heterocycles. The van der Waals surface area contributed by atoms with Crippen molar-refractivity contribution >= 4 is 28.7 Å². The predicted molar refractivity (Wildman–Crippen MR) is 103 cm³/mol. The Morgan fingerprint density at radius 1 is 1.12 bits per heavy atom. The molecule has 0 aliphatic heterocycles. The molecule has 128 valence electrons. The molecule has 0 saturated heterocycles. The van der Waals surface area contributed by atoms with Gasteiger partial charge in [0, 0.05) is 16.6 Å². The van der Waals surface area contributed by atoms with Crippen LogP contribution in [0.2, 0.25) is 0 Å². The van der Waals surface area contributed by atoms with Crippen LogP contribution in [-0.4, -0.2) is 17.6 Å². The third-order valence-electron chi connectivity index (χ3n) is 3.49. The molecule has 0 fully saturated rings. The molecule has 0 radical (unpaired) electrons. The first kappa shape index (κ1) is 17.0. The van der Waals surface area contributed by atoms with Crippen LogP contribution in [0.1, 0.15) is 11.9 Å². The maximum atomic E-state index is 12.2. The van der Waals surface area contributed by atoms with Gasteiger partial charge in [-0.2, -0.15) is 0 Å². The Kier molecular flexibility index (Phi) is 5.30. The number of ether oxygens (including phenoxy) is 1. The van der Waals surface area contributed by atoms with Gasteiger partial charge in [0.1, 0.15) is 5.75 Å². The number of para-hydroxylation sites is 2. The monoisotopic (exact) mass is 353 g/mol. The summed E-state index contributed by atoms with van der Waals surface area (Å²) in [4.78, 5) is 16.7. The molecule has 3 rings (SSSR count). The first-order valence-electron chi connectivity index (χ1n) is 7.98. The normalized spacial score (nSPS) is 10.3. The number of hydrogen-bond donors (Lipinski definition) is 2. The van der Waals surface area contributed by atoms with Crippen molar-refractivity contribution in [2.24, 2.45) is 0 Å². The molecule has 6 heteroatoms. The van der Waals surface area contributed by atoms with Crippen molar-refractivity contribution in [2.45, 2.75) is 13.8 Å². The van der Waals surface area contributed by atoms with Crippen molar-refractivity contribution in [1.29, 1.82) is 0 Å². The smallest absolute Gasteiger partial charge is 0.323 e. The molecular weight excluding hydrogens is 334 g/mol. The number of aryl methyl sites for hydroxylation is 1. The van der Waals surface area contributed by atoms with Gasteiger partial charge in [0.05, 0.1) is 23.0 Å². The summed E-state index contributed by atoms with van der Waals surface area (Å²) in [6, 6.07) is 14.6. The van der Waals surface area contributed by atoms with Gasteiger partial charge in [0.2, 0.25) is 0 Å². The second kappa shape index (κ2) is 7.81. The minimum atomic E-state index is -0.315. The quantitative estimate of drug-likeness (QED) is 0.666. The third-order valence-corrected chi connectivity index (χ3v) is 4.27. The molecule has 2 amide bonds. The van der Waals surface area contributed by atoms with Gasteiger partial charge in [-0.25, -0.2) is 9.78 Å². The number of amides is 2. The van der Waals surface area contributed by atoms with Gasteiger partial charge in [0.15, 0.2) is 0 Å². The van der Waals surface area contributed by atoms with Crippen LogP contribution in [0.4, 0.5) is 16.2 Å². The van der Waals surface area contributed by atoms with E-state index in [4.69, 9.17) is 4.74 Å². The predicted octanol–water partition coefficient (Wildman–Crippen LogP) is 5.16. The van der Waals surface area contributed by atoms with Gasteiger partial charge in [0.25, 0.3) is 0 Å². The van der Waals surface area contributed by atoms with Gasteiger partial charge >= 0.3 is 6.03 Å². The van der Waals surface area contributed by atoms with Crippen LogP contribution in [-0.2, 0) is 0 Å². The second-order valence-corrected chi connectivity index (χ2v) is 6.40. The number of benzene rings is 2. The lowest BCUT2D eigenvalue weighted by atomic mass is 10.1. The van der Waals surface area contributed by atoms with E-state index in [1.807, 2.05) is 61.7 Å². The average Bonchev–Trinajstić information content (AvgIpc) is 3.04. The molecule has 0 aliphatic rings. The van der Waals surface area contributed by atoms with Gasteiger partial charge in [-0.05, 0) is 38.1 Å². The van der Waals surface area contributed by atoms with Crippen LogP contribution in [0.25, 0.3) is 11.3 Å². The van der Waals surface area contributed by atoms with Crippen molar-refractivity contribution in [3.63, 3.8) is 0 Å². The summed E-state index contributed by atoms with van der Waals surface area (Å²) in [7, 11) is 0. The lowest BCUT2D eigenvalue weighted by Gasteiger charge is -2.12. The van der Waals surface area contributed by atoms with E-state index in [2.05, 4.69) is 15.6 Å². The Morgan fingerprint density at radius 3 is 2.56 bits per heavy atom. The van der Waals surface area contributed by atoms with Crippen molar-refractivity contribution in [3.8, 4) is 17.0 Å². The van der Waals surface area contributed by atoms with Crippen LogP contribution in [0.15, 0.2) is 53.9 Å². The van der Waals surface area contributed by atoms with Gasteiger partial charge in [-0.1, -0.05) is 24.3 Å². The summed E-state index contributed by atoms with van der Waals surface area (Å²) >= 11 is 1.62. The van der Waals surface area contributed by atoms with Crippen molar-refractivity contribution in [3.05, 3.63) is 58.9 Å². The fraction of sp³-hybridized carbons (Fsp3) is 0.158. The first-order chi connectivity index (χ1) is 12.2. The standard InChI is InChI=1S/C19H19N3O2S/c1-3-24-18-7-5-4-6-16(18)22-19(23)21-15-10-8-14(9-11-15)17-12-25-13(2)20-17/h4-12H,3H2,1-2H3,(H2,21,22,23). The van der Waals surface area contributed by atoms with Crippen LogP contribution in [0, 0.1) is 6.92 Å². The van der Waals surface area contributed by atoms with Gasteiger partial charge in [-0.3, -0.25) is 0 Å². The molecule has 5 nitrogen and oxygen atoms in total. The molecule has 2 aromatic carbocycles. The maximum absolute atomic E-state index is 12.2. The number of hydrogen-bond acceptors (Lipinski definition) is 4. The first-order valence-corrected chi connectivity index (χ1v) is 8.86. The zero-order chi connectivity index (χ0) is 17.6. The highest BCUT2D eigenvalue weighted by molar-refractivity contribution is 7.09. The fourth-order valence-electron chi connectivity index (χ4n) is 2.36. The SMILES string of the molecule is CCOc1ccccc1NC(=O)Nc1ccc(-c2csc(C)n2)cc1. The highest BCUT2D eigenvalue weighted by atomic mass is 32.1. The molecule has 1 heterocycles. The number of nitrogens with zero attached hydrogens (tertiary/aromatic N) is 1. The average molecular weight is 353 g/mol. The molecular formula is C19H19N3O2S. The third kappa shape index (κ3) is 4.36. The number of nitrogens with one attached hydrogen (secondary N) is 2. The maximum Gasteiger partial charge on any atom is 0.323 e. The summed E-state index contributed by atoms with van der Waals surface area (Å²) in [5.74, 6) is 0.648. The Labute approximate surface area is 150 Å². The van der Waals surface area contributed by atoms with Crippen molar-refractivity contribution in [1.82, 2.24) is 4.98 Å². The Morgan fingerprint density at radius 2 is 1.88 bits per heavy atom. The lowest BCUT2D eigenvalue weighted by Crippen LogP contribution is -2.19. The van der Waals surface area contributed by atoms with E-state index in [0.717, 1.165) is 16.3 Å². The van der Waals surface area contributed by atoms with Gasteiger partial charge in [-0.15, -0.1) is 11.3 Å². The summed E-state index contributed by atoms with van der Waals surface area (Å²) in [6.07, 6.45) is 0. The minimum absolute atomic E-state index is 0.315. The Balaban J connectivity index is 1.65. The van der Waals surface area contributed by atoms with E-state index in [1.54, 1.807) is 17.4 Å². The zero-order valence-electron chi connectivity index (χ0n) is 14.1. The number of aromatic nitrogens is 1. The number of anilines is 2. The molecule has 25 heavy (non-hydrogen) atoms. The van der Waals surface area contributed by atoms with Crippen LogP contribution in [0.5, 0.6) is 5.75 Å². The number of thiazole rings is 1. The largest absolute Gasteiger partial charge is 0.492 e. The highest BCUT2D eigenvalue weighted by Crippen LogP contribution is 2.25. The Bertz CT molecular complexity index is 859. The van der Waals surface area contributed by atoms with Crippen LogP contribution >= 0.6 is 11.3 Å². The van der Waals surface area contributed by atoms with Crippen LogP contribution in [0.3, 0.4) is 0 Å². The summed E-state index contributed by atoms with van der Waals surface area (Å²) < 4.78 is 5.51.